The first-order valence-electron chi connectivity index (χ1n) is 12.8. The molecule has 0 aromatic heterocycles. The number of unbranched alkanes of at least 4 members (excludes halogenated alkanes) is 1. The molecular weight excluding hydrogens is 537 g/mol. The van der Waals surface area contributed by atoms with Gasteiger partial charge in [0.25, 0.3) is 15.9 Å². The van der Waals surface area contributed by atoms with Gasteiger partial charge in [-0.3, -0.25) is 14.3 Å². The minimum Gasteiger partial charge on any atom is -0.497 e. The molecule has 0 aliphatic heterocycles. The fourth-order valence-corrected chi connectivity index (χ4v) is 4.78. The molecule has 0 bridgehead atoms. The van der Waals surface area contributed by atoms with Gasteiger partial charge in [0, 0.05) is 18.8 Å². The zero-order chi connectivity index (χ0) is 29.1. The number of hydrogen-bond donors (Lipinski definition) is 2. The topological polar surface area (TPSA) is 114 Å². The van der Waals surface area contributed by atoms with Gasteiger partial charge < -0.3 is 19.7 Å². The van der Waals surface area contributed by atoms with E-state index in [0.29, 0.717) is 12.3 Å². The second-order valence-electron chi connectivity index (χ2n) is 9.06. The van der Waals surface area contributed by atoms with E-state index in [1.807, 2.05) is 19.1 Å². The van der Waals surface area contributed by atoms with Gasteiger partial charge in [0.05, 0.1) is 12.0 Å². The average Bonchev–Trinajstić information content (AvgIpc) is 2.96. The summed E-state index contributed by atoms with van der Waals surface area (Å²) in [6.45, 7) is 4.03. The van der Waals surface area contributed by atoms with Crippen LogP contribution in [0.5, 0.6) is 11.5 Å². The first kappa shape index (κ1) is 30.4. The molecule has 3 rings (SSSR count). The van der Waals surface area contributed by atoms with Crippen LogP contribution in [0.15, 0.2) is 77.7 Å². The summed E-state index contributed by atoms with van der Waals surface area (Å²) in [4.78, 5) is 27.4. The molecule has 0 radical (unpaired) electrons. The van der Waals surface area contributed by atoms with E-state index in [-0.39, 0.29) is 35.4 Å². The number of halogens is 1. The van der Waals surface area contributed by atoms with E-state index in [1.54, 1.807) is 26.2 Å². The maximum absolute atomic E-state index is 13.2. The van der Waals surface area contributed by atoms with Crippen LogP contribution < -0.4 is 19.5 Å². The summed E-state index contributed by atoms with van der Waals surface area (Å²) in [5.41, 5.74) is 1.03. The molecule has 214 valence electrons. The molecule has 3 aromatic rings. The van der Waals surface area contributed by atoms with Gasteiger partial charge in [0.1, 0.15) is 23.4 Å². The smallest absolute Gasteiger partial charge is 0.261 e. The van der Waals surface area contributed by atoms with Crippen molar-refractivity contribution in [3.8, 4) is 11.5 Å². The Morgan fingerprint density at radius 1 is 0.950 bits per heavy atom. The number of methoxy groups -OCH3 is 1. The first-order chi connectivity index (χ1) is 19.1. The zero-order valence-corrected chi connectivity index (χ0v) is 23.5. The van der Waals surface area contributed by atoms with Gasteiger partial charge >= 0.3 is 0 Å². The second-order valence-corrected chi connectivity index (χ2v) is 10.7. The van der Waals surface area contributed by atoms with Crippen LogP contribution in [0.2, 0.25) is 0 Å². The number of carbonyl (C=O) groups is 2. The van der Waals surface area contributed by atoms with Crippen molar-refractivity contribution >= 4 is 27.5 Å². The van der Waals surface area contributed by atoms with Crippen molar-refractivity contribution in [3.63, 3.8) is 0 Å². The molecule has 0 heterocycles. The normalized spacial score (nSPS) is 11.8. The quantitative estimate of drug-likeness (QED) is 0.278. The Hall–Kier alpha value is -4.12. The Morgan fingerprint density at radius 2 is 1.57 bits per heavy atom. The summed E-state index contributed by atoms with van der Waals surface area (Å²) in [5.74, 6) is -0.206. The van der Waals surface area contributed by atoms with Crippen LogP contribution in [0, 0.1) is 5.82 Å². The number of rotatable bonds is 14. The fraction of sp³-hybridized carbons (Fsp3) is 0.310. The van der Waals surface area contributed by atoms with Gasteiger partial charge in [-0.25, -0.2) is 12.8 Å². The van der Waals surface area contributed by atoms with Crippen molar-refractivity contribution in [2.45, 2.75) is 44.2 Å². The number of hydrogen-bond acceptors (Lipinski definition) is 6. The van der Waals surface area contributed by atoms with Crippen molar-refractivity contribution in [1.29, 1.82) is 0 Å². The molecule has 1 atom stereocenters. The largest absolute Gasteiger partial charge is 0.497 e. The zero-order valence-electron chi connectivity index (χ0n) is 22.7. The van der Waals surface area contributed by atoms with Crippen molar-refractivity contribution in [2.75, 3.05) is 25.0 Å². The van der Waals surface area contributed by atoms with E-state index in [0.717, 1.165) is 30.5 Å². The molecule has 0 aliphatic rings. The monoisotopic (exact) mass is 571 g/mol. The molecule has 0 saturated carbocycles. The van der Waals surface area contributed by atoms with E-state index >= 15 is 0 Å². The minimum absolute atomic E-state index is 0.0333. The maximum Gasteiger partial charge on any atom is 0.261 e. The molecule has 0 aliphatic carbocycles. The Bertz CT molecular complexity index is 1360. The Labute approximate surface area is 234 Å². The van der Waals surface area contributed by atoms with Crippen LogP contribution in [-0.2, 0) is 26.2 Å². The predicted molar refractivity (Wildman–Crippen MR) is 150 cm³/mol. The first-order valence-corrected chi connectivity index (χ1v) is 14.3. The third-order valence-corrected chi connectivity index (χ3v) is 7.50. The van der Waals surface area contributed by atoms with Gasteiger partial charge in [-0.05, 0) is 79.6 Å². The van der Waals surface area contributed by atoms with Crippen molar-refractivity contribution in [1.82, 2.24) is 10.2 Å². The third-order valence-electron chi connectivity index (χ3n) is 6.10. The number of carbonyl (C=O) groups excluding carboxylic acids is 2. The number of amides is 2. The Balaban J connectivity index is 1.67. The van der Waals surface area contributed by atoms with Crippen LogP contribution in [0.3, 0.4) is 0 Å². The van der Waals surface area contributed by atoms with E-state index in [1.165, 1.54) is 41.3 Å². The average molecular weight is 572 g/mol. The molecule has 40 heavy (non-hydrogen) atoms. The number of benzene rings is 3. The number of ether oxygens (including phenoxy) is 2. The summed E-state index contributed by atoms with van der Waals surface area (Å²) < 4.78 is 51.6. The molecular formula is C29H34FN3O6S. The van der Waals surface area contributed by atoms with Gasteiger partial charge in [0.2, 0.25) is 5.91 Å². The van der Waals surface area contributed by atoms with Crippen LogP contribution in [0.25, 0.3) is 0 Å². The number of anilines is 1. The third kappa shape index (κ3) is 8.70. The van der Waals surface area contributed by atoms with E-state index in [4.69, 9.17) is 9.47 Å². The van der Waals surface area contributed by atoms with Crippen LogP contribution in [-0.4, -0.2) is 51.4 Å². The highest BCUT2D eigenvalue weighted by molar-refractivity contribution is 7.92. The predicted octanol–water partition coefficient (Wildman–Crippen LogP) is 4.35. The van der Waals surface area contributed by atoms with Gasteiger partial charge in [0.15, 0.2) is 6.61 Å². The molecule has 9 nitrogen and oxygen atoms in total. The maximum atomic E-state index is 13.2. The number of nitrogens with one attached hydrogen (secondary N) is 2. The highest BCUT2D eigenvalue weighted by Crippen LogP contribution is 2.20. The highest BCUT2D eigenvalue weighted by atomic mass is 32.2. The molecule has 0 fully saturated rings. The van der Waals surface area contributed by atoms with Gasteiger partial charge in [-0.2, -0.15) is 0 Å². The molecule has 2 N–H and O–H groups in total. The minimum atomic E-state index is -3.91. The standard InChI is InChI=1S/C29H34FN3O6S/c1-4-5-18-31-29(35)21(2)33(19-22-6-12-25(38-3)13-7-22)28(34)20-39-26-14-16-27(17-15-26)40(36,37)32-24-10-8-23(30)9-11-24/h6-17,21,32H,4-5,18-20H2,1-3H3,(H,31,35)/t21-/m1/s1. The molecule has 0 unspecified atom stereocenters. The van der Waals surface area contributed by atoms with E-state index < -0.39 is 27.8 Å². The molecule has 0 spiro atoms. The second kappa shape index (κ2) is 14.3. The summed E-state index contributed by atoms with van der Waals surface area (Å²) >= 11 is 0. The van der Waals surface area contributed by atoms with Gasteiger partial charge in [-0.1, -0.05) is 25.5 Å². The molecule has 11 heteroatoms. The van der Waals surface area contributed by atoms with E-state index in [2.05, 4.69) is 10.0 Å². The summed E-state index contributed by atoms with van der Waals surface area (Å²) in [7, 11) is -2.35. The van der Waals surface area contributed by atoms with Crippen LogP contribution in [0.1, 0.15) is 32.3 Å². The lowest BCUT2D eigenvalue weighted by Crippen LogP contribution is -2.49. The SMILES string of the molecule is CCCCNC(=O)[C@@H](C)N(Cc1ccc(OC)cc1)C(=O)COc1ccc(S(=O)(=O)Nc2ccc(F)cc2)cc1. The molecule has 2 amide bonds. The van der Waals surface area contributed by atoms with Crippen LogP contribution in [0.4, 0.5) is 10.1 Å². The lowest BCUT2D eigenvalue weighted by atomic mass is 10.1. The Kier molecular flexibility index (Phi) is 10.9. The Morgan fingerprint density at radius 3 is 2.17 bits per heavy atom. The van der Waals surface area contributed by atoms with Crippen LogP contribution >= 0.6 is 0 Å². The lowest BCUT2D eigenvalue weighted by Gasteiger charge is -2.28. The molecule has 0 saturated heterocycles. The summed E-state index contributed by atoms with van der Waals surface area (Å²) in [6.07, 6.45) is 1.76. The lowest BCUT2D eigenvalue weighted by molar-refractivity contribution is -0.142. The van der Waals surface area contributed by atoms with Gasteiger partial charge in [-0.15, -0.1) is 0 Å². The fourth-order valence-electron chi connectivity index (χ4n) is 3.72. The number of sulfonamides is 1. The number of nitrogens with zero attached hydrogens (tertiary/aromatic N) is 1. The summed E-state index contributed by atoms with van der Waals surface area (Å²) in [6, 6.07) is 16.9. The summed E-state index contributed by atoms with van der Waals surface area (Å²) in [5, 5.41) is 2.86. The van der Waals surface area contributed by atoms with Crippen molar-refractivity contribution < 1.29 is 31.9 Å². The van der Waals surface area contributed by atoms with E-state index in [9.17, 15) is 22.4 Å². The van der Waals surface area contributed by atoms with Crippen molar-refractivity contribution in [3.05, 3.63) is 84.2 Å². The van der Waals surface area contributed by atoms with Crippen molar-refractivity contribution in [2.24, 2.45) is 0 Å². The molecule has 3 aromatic carbocycles. The highest BCUT2D eigenvalue weighted by Gasteiger charge is 2.26.